The van der Waals surface area contributed by atoms with Crippen molar-refractivity contribution in [2.45, 2.75) is 108 Å². The van der Waals surface area contributed by atoms with Gasteiger partial charge in [-0.25, -0.2) is 0 Å². The summed E-state index contributed by atoms with van der Waals surface area (Å²) in [5.41, 5.74) is -10.6. The molecule has 0 aromatic carbocycles. The minimum atomic E-state index is -3.83. The Morgan fingerprint density at radius 3 is 1.59 bits per heavy atom. The average Bonchev–Trinajstić information content (AvgIpc) is 3.13. The van der Waals surface area contributed by atoms with E-state index >= 15 is 0 Å². The predicted octanol–water partition coefficient (Wildman–Crippen LogP) is -3.85. The highest BCUT2D eigenvalue weighted by atomic mass is 16.8. The van der Waals surface area contributed by atoms with Crippen LogP contribution in [-0.2, 0) is 62.0 Å². The number of aliphatic hydroxyl groups excluding tert-OH is 5. The van der Waals surface area contributed by atoms with Crippen molar-refractivity contribution in [3.8, 4) is 0 Å². The lowest BCUT2D eigenvalue weighted by molar-refractivity contribution is -0.410. The molecule has 0 amide bonds. The van der Waals surface area contributed by atoms with Crippen LogP contribution in [0.2, 0.25) is 0 Å². The van der Waals surface area contributed by atoms with Crippen molar-refractivity contribution >= 4 is 41.0 Å². The van der Waals surface area contributed by atoms with Crippen LogP contribution in [-0.4, -0.2) is 139 Å². The summed E-state index contributed by atoms with van der Waals surface area (Å²) in [6, 6.07) is 0. The molecule has 18 heteroatoms. The average molecular weight is 637 g/mol. The number of hydrogen-bond acceptors (Lipinski definition) is 18. The molecule has 0 bridgehead atoms. The maximum absolute atomic E-state index is 14.0. The summed E-state index contributed by atoms with van der Waals surface area (Å²) in [6.45, 7) is 2.29. The van der Waals surface area contributed by atoms with E-state index in [4.69, 9.17) is 28.4 Å². The van der Waals surface area contributed by atoms with E-state index in [1.165, 1.54) is 0 Å². The number of ketones is 4. The van der Waals surface area contributed by atoms with E-state index in [-0.39, 0.29) is 0 Å². The van der Waals surface area contributed by atoms with Gasteiger partial charge in [0.2, 0.25) is 5.60 Å². The molecule has 0 spiro atoms. The summed E-state index contributed by atoms with van der Waals surface area (Å²) in [5, 5.41) is 51.7. The maximum Gasteiger partial charge on any atom is 0.304 e. The molecule has 0 saturated carbocycles. The van der Waals surface area contributed by atoms with Gasteiger partial charge >= 0.3 is 17.9 Å². The Hall–Kier alpha value is -3.23. The van der Waals surface area contributed by atoms with E-state index in [1.807, 2.05) is 0 Å². The number of aliphatic hydroxyl groups is 5. The molecule has 44 heavy (non-hydrogen) atoms. The van der Waals surface area contributed by atoms with Crippen LogP contribution in [0.3, 0.4) is 0 Å². The van der Waals surface area contributed by atoms with E-state index < -0.39 is 114 Å². The molecule has 2 heterocycles. The van der Waals surface area contributed by atoms with Gasteiger partial charge in [0.15, 0.2) is 29.4 Å². The van der Waals surface area contributed by atoms with Crippen LogP contribution in [0.15, 0.2) is 0 Å². The number of hydrogen-bond donors (Lipinski definition) is 5. The number of ether oxygens (including phenoxy) is 6. The van der Waals surface area contributed by atoms with Crippen LogP contribution < -0.4 is 0 Å². The molecule has 2 rings (SSSR count). The third-order valence-corrected chi connectivity index (χ3v) is 7.42. The van der Waals surface area contributed by atoms with Gasteiger partial charge in [-0.2, -0.15) is 0 Å². The van der Waals surface area contributed by atoms with Crippen molar-refractivity contribution in [1.29, 1.82) is 0 Å². The lowest BCUT2D eigenvalue weighted by Gasteiger charge is -2.53. The van der Waals surface area contributed by atoms with Crippen LogP contribution in [0.5, 0.6) is 0 Å². The summed E-state index contributed by atoms with van der Waals surface area (Å²) in [6.07, 6.45) is -13.2. The van der Waals surface area contributed by atoms with Gasteiger partial charge in [0.1, 0.15) is 30.5 Å². The summed E-state index contributed by atoms with van der Waals surface area (Å²) < 4.78 is 33.0. The summed E-state index contributed by atoms with van der Waals surface area (Å²) in [4.78, 5) is 92.5. The molecule has 0 aliphatic carbocycles. The third-order valence-electron chi connectivity index (χ3n) is 7.42. The molecule has 2 saturated heterocycles. The van der Waals surface area contributed by atoms with Crippen molar-refractivity contribution in [1.82, 2.24) is 0 Å². The molecule has 248 valence electrons. The van der Waals surface area contributed by atoms with Crippen LogP contribution in [0.1, 0.15) is 48.5 Å². The van der Waals surface area contributed by atoms with E-state index in [0.29, 0.717) is 41.5 Å². The van der Waals surface area contributed by atoms with Crippen molar-refractivity contribution in [2.75, 3.05) is 13.2 Å². The van der Waals surface area contributed by atoms with Crippen LogP contribution in [0.4, 0.5) is 0 Å². The van der Waals surface area contributed by atoms with Crippen LogP contribution in [0, 0.1) is 0 Å². The highest BCUT2D eigenvalue weighted by Gasteiger charge is 2.91. The molecule has 0 radical (unpaired) electrons. The first-order chi connectivity index (χ1) is 20.2. The molecular weight excluding hydrogens is 600 g/mol. The molecule has 18 nitrogen and oxygen atoms in total. The second-order valence-corrected chi connectivity index (χ2v) is 10.3. The maximum atomic E-state index is 14.0. The normalized spacial score (nSPS) is 35.4. The van der Waals surface area contributed by atoms with E-state index in [1.54, 1.807) is 0 Å². The fraction of sp³-hybridized carbons (Fsp3) is 0.731. The second-order valence-electron chi connectivity index (χ2n) is 10.3. The highest BCUT2D eigenvalue weighted by Crippen LogP contribution is 2.59. The summed E-state index contributed by atoms with van der Waals surface area (Å²) in [7, 11) is 0. The Bertz CT molecular complexity index is 1200. The first kappa shape index (κ1) is 37.0. The van der Waals surface area contributed by atoms with Gasteiger partial charge in [-0.05, 0) is 27.7 Å². The lowest BCUT2D eigenvalue weighted by atomic mass is 9.64. The van der Waals surface area contributed by atoms with Gasteiger partial charge in [0.05, 0.1) is 13.2 Å². The number of carbonyl (C=O) groups excluding carboxylic acids is 7. The predicted molar refractivity (Wildman–Crippen MR) is 136 cm³/mol. The Labute approximate surface area is 250 Å². The van der Waals surface area contributed by atoms with Crippen molar-refractivity contribution in [2.24, 2.45) is 0 Å². The minimum absolute atomic E-state index is 0.622. The Morgan fingerprint density at radius 1 is 0.705 bits per heavy atom. The number of carbonyl (C=O) groups is 7. The summed E-state index contributed by atoms with van der Waals surface area (Å²) in [5.74, 6) is -14.0. The van der Waals surface area contributed by atoms with E-state index in [9.17, 15) is 59.1 Å². The number of Topliss-reactive ketones (excluding diaryl/α,β-unsaturated/α-hetero) is 4. The van der Waals surface area contributed by atoms with Gasteiger partial charge in [-0.15, -0.1) is 0 Å². The Balaban J connectivity index is 3.35. The van der Waals surface area contributed by atoms with Gasteiger partial charge in [-0.1, -0.05) is 0 Å². The molecule has 0 unspecified atom stereocenters. The van der Waals surface area contributed by atoms with Gasteiger partial charge in [0.25, 0.3) is 17.0 Å². The highest BCUT2D eigenvalue weighted by molar-refractivity contribution is 6.14. The Kier molecular flexibility index (Phi) is 10.9. The summed E-state index contributed by atoms with van der Waals surface area (Å²) >= 11 is 0. The quantitative estimate of drug-likeness (QED) is 0.0779. The van der Waals surface area contributed by atoms with Crippen molar-refractivity contribution in [3.05, 3.63) is 0 Å². The van der Waals surface area contributed by atoms with Gasteiger partial charge < -0.3 is 54.0 Å². The van der Waals surface area contributed by atoms with Crippen LogP contribution in [0.25, 0.3) is 0 Å². The van der Waals surface area contributed by atoms with Gasteiger partial charge in [0, 0.05) is 20.8 Å². The molecule has 0 aromatic rings. The zero-order chi connectivity index (χ0) is 34.2. The van der Waals surface area contributed by atoms with Crippen molar-refractivity contribution in [3.63, 3.8) is 0 Å². The SMILES string of the molecule is CC(=O)OC(C(C)=O)(C(C)=O)[C@@]1(O[C@H]2O[C@H](CO)[C@@H](O)[C@H](O)[C@H]2O)O[C@H](CO)[C@](OC(C)=O)(C(C)=O)[C@@]1(OC(C)=O)C(C)=O. The molecule has 2 fully saturated rings. The first-order valence-electron chi connectivity index (χ1n) is 13.1. The second kappa shape index (κ2) is 13.0. The molecule has 9 atom stereocenters. The topological polar surface area (TPSA) is 276 Å². The van der Waals surface area contributed by atoms with Crippen molar-refractivity contribution < 1.29 is 87.5 Å². The fourth-order valence-corrected chi connectivity index (χ4v) is 5.83. The van der Waals surface area contributed by atoms with Crippen LogP contribution >= 0.6 is 0 Å². The largest absolute Gasteiger partial charge is 0.443 e. The molecule has 5 N–H and O–H groups in total. The fourth-order valence-electron chi connectivity index (χ4n) is 5.83. The zero-order valence-electron chi connectivity index (χ0n) is 24.9. The smallest absolute Gasteiger partial charge is 0.304 e. The molecule has 0 aromatic heterocycles. The van der Waals surface area contributed by atoms with E-state index in [0.717, 1.165) is 6.92 Å². The molecule has 2 aliphatic heterocycles. The minimum Gasteiger partial charge on any atom is -0.443 e. The monoisotopic (exact) mass is 636 g/mol. The molecular formula is C26H36O18. The Morgan fingerprint density at radius 2 is 1.23 bits per heavy atom. The number of rotatable bonds is 12. The van der Waals surface area contributed by atoms with Gasteiger partial charge in [-0.3, -0.25) is 33.6 Å². The third kappa shape index (κ3) is 5.24. The lowest BCUT2D eigenvalue weighted by Crippen LogP contribution is -2.83. The first-order valence-corrected chi connectivity index (χ1v) is 13.1. The van der Waals surface area contributed by atoms with E-state index in [2.05, 4.69) is 0 Å². The molecule has 2 aliphatic rings. The number of esters is 3. The zero-order valence-corrected chi connectivity index (χ0v) is 24.9. The standard InChI is InChI=1S/C26H36O18/c1-10(29)23(11(2)30,40-14(5)33)26(44-22-21(38)20(37)19(36)17(8-27)39-22)25(13(4)32,42-16(7)35)24(12(3)31,41-15(6)34)18(9-28)43-26/h17-22,27-28,36-38H,8-9H2,1-7H3/t17-,18-,19-,20+,21-,22-,24-,25+,26+/m1/s1.